The Balaban J connectivity index is 0. The summed E-state index contributed by atoms with van der Waals surface area (Å²) in [6.07, 6.45) is 3.31. The van der Waals surface area contributed by atoms with Gasteiger partial charge in [0, 0.05) is 6.92 Å². The van der Waals surface area contributed by atoms with Gasteiger partial charge in [-0.3, -0.25) is 4.79 Å². The molecular formula is C8H16Cl2O2. The molecule has 0 bridgehead atoms. The minimum atomic E-state index is -0.175. The lowest BCUT2D eigenvalue weighted by molar-refractivity contribution is -0.141. The average Bonchev–Trinajstić information content (AvgIpc) is 1.99. The maximum absolute atomic E-state index is 10.2. The molecule has 74 valence electrons. The van der Waals surface area contributed by atoms with Gasteiger partial charge in [-0.1, -0.05) is 19.8 Å². The number of hydrogen-bond acceptors (Lipinski definition) is 2. The Morgan fingerprint density at radius 1 is 1.33 bits per heavy atom. The number of hydrogen-bond donors (Lipinski definition) is 0. The summed E-state index contributed by atoms with van der Waals surface area (Å²) in [5.41, 5.74) is 0. The van der Waals surface area contributed by atoms with Gasteiger partial charge in [0.15, 0.2) is 0 Å². The molecule has 0 saturated carbocycles. The molecule has 0 N–H and O–H groups in total. The lowest BCUT2D eigenvalue weighted by atomic mass is 10.3. The molecule has 0 unspecified atom stereocenters. The lowest BCUT2D eigenvalue weighted by Crippen LogP contribution is -1.99. The van der Waals surface area contributed by atoms with Crippen molar-refractivity contribution in [2.75, 3.05) is 11.9 Å². The lowest BCUT2D eigenvalue weighted by Gasteiger charge is -1.98. The van der Waals surface area contributed by atoms with Crippen molar-refractivity contribution in [3.63, 3.8) is 0 Å². The summed E-state index contributed by atoms with van der Waals surface area (Å²) < 4.78 is 4.70. The first-order valence-corrected chi connectivity index (χ1v) is 5.01. The normalized spacial score (nSPS) is 8.33. The van der Waals surface area contributed by atoms with Gasteiger partial charge < -0.3 is 4.74 Å². The van der Waals surface area contributed by atoms with E-state index in [1.54, 1.807) is 0 Å². The third kappa shape index (κ3) is 22.5. The molecule has 0 saturated heterocycles. The van der Waals surface area contributed by atoms with Crippen molar-refractivity contribution in [3.05, 3.63) is 0 Å². The fourth-order valence-corrected chi connectivity index (χ4v) is 0.568. The summed E-state index contributed by atoms with van der Waals surface area (Å²) in [6.45, 7) is 4.14. The SMILES string of the molecule is CCCCCOC(C)=O.ClCCl. The Labute approximate surface area is 84.2 Å². The van der Waals surface area contributed by atoms with Crippen LogP contribution in [-0.2, 0) is 9.53 Å². The molecule has 0 rings (SSSR count). The van der Waals surface area contributed by atoms with Crippen molar-refractivity contribution in [2.45, 2.75) is 33.1 Å². The highest BCUT2D eigenvalue weighted by atomic mass is 35.5. The minimum absolute atomic E-state index is 0.175. The van der Waals surface area contributed by atoms with Gasteiger partial charge in [-0.15, -0.1) is 23.2 Å². The largest absolute Gasteiger partial charge is 0.466 e. The van der Waals surface area contributed by atoms with Crippen LogP contribution in [0.15, 0.2) is 0 Å². The molecule has 0 fully saturated rings. The summed E-state index contributed by atoms with van der Waals surface area (Å²) in [7, 11) is 0. The molecule has 0 atom stereocenters. The van der Waals surface area contributed by atoms with Crippen molar-refractivity contribution in [1.82, 2.24) is 0 Å². The molecule has 0 aromatic rings. The van der Waals surface area contributed by atoms with Crippen molar-refractivity contribution in [1.29, 1.82) is 0 Å². The fourth-order valence-electron chi connectivity index (χ4n) is 0.568. The first kappa shape index (κ1) is 14.6. The van der Waals surface area contributed by atoms with E-state index >= 15 is 0 Å². The Bertz CT molecular complexity index is 97.1. The molecule has 0 aliphatic rings. The van der Waals surface area contributed by atoms with E-state index in [1.165, 1.54) is 13.3 Å². The fraction of sp³-hybridized carbons (Fsp3) is 0.875. The highest BCUT2D eigenvalue weighted by Crippen LogP contribution is 1.93. The minimum Gasteiger partial charge on any atom is -0.466 e. The monoisotopic (exact) mass is 214 g/mol. The van der Waals surface area contributed by atoms with Gasteiger partial charge in [-0.2, -0.15) is 0 Å². The Morgan fingerprint density at radius 2 is 1.83 bits per heavy atom. The van der Waals surface area contributed by atoms with Gasteiger partial charge in [0.05, 0.1) is 11.9 Å². The Hall–Kier alpha value is 0.0500. The smallest absolute Gasteiger partial charge is 0.302 e. The molecule has 0 aromatic heterocycles. The number of rotatable bonds is 4. The number of carbonyl (C=O) groups is 1. The molecule has 0 aromatic carbocycles. The van der Waals surface area contributed by atoms with Gasteiger partial charge >= 0.3 is 5.97 Å². The van der Waals surface area contributed by atoms with Crippen molar-refractivity contribution >= 4 is 29.2 Å². The Morgan fingerprint density at radius 3 is 2.17 bits per heavy atom. The van der Waals surface area contributed by atoms with Crippen LogP contribution in [0.4, 0.5) is 0 Å². The van der Waals surface area contributed by atoms with Crippen molar-refractivity contribution < 1.29 is 9.53 Å². The van der Waals surface area contributed by atoms with Gasteiger partial charge in [0.25, 0.3) is 0 Å². The first-order valence-electron chi connectivity index (χ1n) is 3.94. The Kier molecular flexibility index (Phi) is 16.5. The molecule has 0 spiro atoms. The molecular weight excluding hydrogens is 199 g/mol. The zero-order valence-corrected chi connectivity index (χ0v) is 9.12. The molecule has 4 heteroatoms. The highest BCUT2D eigenvalue weighted by molar-refractivity contribution is 6.40. The summed E-state index contributed by atoms with van der Waals surface area (Å²) in [5.74, 6) is -0.175. The highest BCUT2D eigenvalue weighted by Gasteiger charge is 1.89. The first-order chi connectivity index (χ1) is 5.68. The predicted octanol–water partition coefficient (Wildman–Crippen LogP) is 3.16. The summed E-state index contributed by atoms with van der Waals surface area (Å²) in [6, 6.07) is 0. The molecule has 0 radical (unpaired) electrons. The zero-order valence-electron chi connectivity index (χ0n) is 7.61. The van der Waals surface area contributed by atoms with Gasteiger partial charge in [-0.05, 0) is 6.42 Å². The van der Waals surface area contributed by atoms with E-state index in [0.29, 0.717) is 6.61 Å². The standard InChI is InChI=1S/C7H14O2.CH2Cl2/c1-3-4-5-6-9-7(2)8;2-1-3/h3-6H2,1-2H3;1H2. The number of alkyl halides is 2. The third-order valence-electron chi connectivity index (χ3n) is 1.05. The second kappa shape index (κ2) is 13.6. The van der Waals surface area contributed by atoms with Gasteiger partial charge in [-0.25, -0.2) is 0 Å². The van der Waals surface area contributed by atoms with E-state index < -0.39 is 0 Å². The van der Waals surface area contributed by atoms with Crippen LogP contribution in [-0.4, -0.2) is 17.9 Å². The molecule has 0 amide bonds. The summed E-state index contributed by atoms with van der Waals surface area (Å²) in [4.78, 5) is 10.2. The second-order valence-electron chi connectivity index (χ2n) is 2.15. The zero-order chi connectivity index (χ0) is 9.82. The van der Waals surface area contributed by atoms with Crippen LogP contribution in [0.1, 0.15) is 33.1 Å². The van der Waals surface area contributed by atoms with Gasteiger partial charge in [0.2, 0.25) is 0 Å². The topological polar surface area (TPSA) is 26.3 Å². The molecule has 2 nitrogen and oxygen atoms in total. The van der Waals surface area contributed by atoms with Gasteiger partial charge in [0.1, 0.15) is 0 Å². The van der Waals surface area contributed by atoms with E-state index in [-0.39, 0.29) is 11.3 Å². The van der Waals surface area contributed by atoms with Crippen LogP contribution in [0.25, 0.3) is 0 Å². The van der Waals surface area contributed by atoms with Crippen LogP contribution < -0.4 is 0 Å². The quantitative estimate of drug-likeness (QED) is 0.409. The van der Waals surface area contributed by atoms with Crippen LogP contribution in [0.5, 0.6) is 0 Å². The summed E-state index contributed by atoms with van der Waals surface area (Å²) >= 11 is 9.53. The number of unbranched alkanes of at least 4 members (excludes halogenated alkanes) is 2. The number of carbonyl (C=O) groups excluding carboxylic acids is 1. The molecule has 0 heterocycles. The number of esters is 1. The maximum atomic E-state index is 10.2. The average molecular weight is 215 g/mol. The van der Waals surface area contributed by atoms with E-state index in [2.05, 4.69) is 6.92 Å². The van der Waals surface area contributed by atoms with Crippen molar-refractivity contribution in [2.24, 2.45) is 0 Å². The van der Waals surface area contributed by atoms with E-state index in [1.807, 2.05) is 0 Å². The van der Waals surface area contributed by atoms with Crippen LogP contribution in [0.3, 0.4) is 0 Å². The van der Waals surface area contributed by atoms with E-state index in [9.17, 15) is 4.79 Å². The molecule has 12 heavy (non-hydrogen) atoms. The summed E-state index contributed by atoms with van der Waals surface area (Å²) in [5, 5.41) is 0.194. The number of halogens is 2. The predicted molar refractivity (Wildman–Crippen MR) is 52.7 cm³/mol. The van der Waals surface area contributed by atoms with E-state index in [0.717, 1.165) is 12.8 Å². The third-order valence-corrected chi connectivity index (χ3v) is 1.05. The number of ether oxygens (including phenoxy) is 1. The molecule has 0 aliphatic heterocycles. The van der Waals surface area contributed by atoms with Crippen LogP contribution in [0.2, 0.25) is 0 Å². The van der Waals surface area contributed by atoms with E-state index in [4.69, 9.17) is 27.9 Å². The second-order valence-corrected chi connectivity index (χ2v) is 2.96. The maximum Gasteiger partial charge on any atom is 0.302 e. The van der Waals surface area contributed by atoms with Crippen LogP contribution in [0, 0.1) is 0 Å². The van der Waals surface area contributed by atoms with Crippen molar-refractivity contribution in [3.8, 4) is 0 Å². The van der Waals surface area contributed by atoms with Crippen LogP contribution >= 0.6 is 23.2 Å². The molecule has 0 aliphatic carbocycles.